The fourth-order valence-electron chi connectivity index (χ4n) is 3.42. The molecule has 0 saturated heterocycles. The Hall–Kier alpha value is -2.42. The van der Waals surface area contributed by atoms with Crippen molar-refractivity contribution >= 4 is 6.08 Å². The fraction of sp³-hybridized carbons (Fsp3) is 0.391. The van der Waals surface area contributed by atoms with Gasteiger partial charge in [0.25, 0.3) is 0 Å². The normalized spacial score (nSPS) is 15.7. The van der Waals surface area contributed by atoms with Crippen LogP contribution in [-0.2, 0) is 4.74 Å². The highest BCUT2D eigenvalue weighted by atomic mass is 16.5. The topological polar surface area (TPSA) is 27.7 Å². The molecule has 0 saturated carbocycles. The molecule has 1 aliphatic heterocycles. The minimum Gasteiger partial charge on any atom is -0.493 e. The molecule has 1 atom stereocenters. The van der Waals surface area contributed by atoms with E-state index in [1.54, 1.807) is 14.2 Å². The van der Waals surface area contributed by atoms with E-state index in [0.717, 1.165) is 46.8 Å². The van der Waals surface area contributed by atoms with Crippen molar-refractivity contribution in [3.63, 3.8) is 0 Å². The summed E-state index contributed by atoms with van der Waals surface area (Å²) >= 11 is 0. The van der Waals surface area contributed by atoms with Crippen molar-refractivity contribution < 1.29 is 14.2 Å². The molecule has 1 heterocycles. The van der Waals surface area contributed by atoms with Gasteiger partial charge in [-0.2, -0.15) is 0 Å². The first-order chi connectivity index (χ1) is 12.8. The Labute approximate surface area is 156 Å². The number of hydrogen-bond acceptors (Lipinski definition) is 3. The largest absolute Gasteiger partial charge is 0.493 e. The van der Waals surface area contributed by atoms with Crippen molar-refractivity contribution in [3.05, 3.63) is 64.9 Å². The zero-order valence-corrected chi connectivity index (χ0v) is 16.0. The van der Waals surface area contributed by atoms with Gasteiger partial charge in [0.05, 0.1) is 20.0 Å². The number of rotatable bonds is 8. The lowest BCUT2D eigenvalue weighted by atomic mass is 9.93. The van der Waals surface area contributed by atoms with Crippen LogP contribution >= 0.6 is 0 Å². The highest BCUT2D eigenvalue weighted by Gasteiger charge is 2.26. The highest BCUT2D eigenvalue weighted by molar-refractivity contribution is 5.65. The van der Waals surface area contributed by atoms with Crippen molar-refractivity contribution in [1.29, 1.82) is 0 Å². The number of ether oxygens (including phenoxy) is 3. The quantitative estimate of drug-likeness (QED) is 0.534. The predicted molar refractivity (Wildman–Crippen MR) is 106 cm³/mol. The molecule has 1 unspecified atom stereocenters. The van der Waals surface area contributed by atoms with E-state index in [0.29, 0.717) is 0 Å². The molecule has 0 N–H and O–H groups in total. The van der Waals surface area contributed by atoms with Crippen molar-refractivity contribution in [2.45, 2.75) is 45.1 Å². The third-order valence-corrected chi connectivity index (χ3v) is 4.84. The molecule has 0 amide bonds. The molecule has 0 radical (unpaired) electrons. The Balaban J connectivity index is 1.96. The summed E-state index contributed by atoms with van der Waals surface area (Å²) in [6.07, 6.45) is 7.93. The van der Waals surface area contributed by atoms with Crippen LogP contribution in [0.25, 0.3) is 6.08 Å². The zero-order valence-electron chi connectivity index (χ0n) is 16.0. The Kier molecular flexibility index (Phi) is 6.21. The molecule has 2 aromatic carbocycles. The van der Waals surface area contributed by atoms with E-state index in [-0.39, 0.29) is 6.10 Å². The molecule has 138 valence electrons. The number of methoxy groups -OCH3 is 2. The van der Waals surface area contributed by atoms with Gasteiger partial charge in [0, 0.05) is 12.0 Å². The average Bonchev–Trinajstić information content (AvgIpc) is 2.70. The smallest absolute Gasteiger partial charge is 0.161 e. The van der Waals surface area contributed by atoms with Crippen molar-refractivity contribution in [2.75, 3.05) is 14.2 Å². The number of hydrogen-bond donors (Lipinski definition) is 0. The maximum Gasteiger partial charge on any atom is 0.161 e. The first-order valence-corrected chi connectivity index (χ1v) is 9.45. The number of fused-ring (bicyclic) bond motifs is 1. The fourth-order valence-corrected chi connectivity index (χ4v) is 3.42. The van der Waals surface area contributed by atoms with Crippen LogP contribution in [0.2, 0.25) is 0 Å². The van der Waals surface area contributed by atoms with Crippen LogP contribution in [0, 0.1) is 0 Å². The molecule has 0 aromatic heterocycles. The summed E-state index contributed by atoms with van der Waals surface area (Å²) in [4.78, 5) is 0. The van der Waals surface area contributed by atoms with Gasteiger partial charge in [-0.05, 0) is 35.8 Å². The number of benzene rings is 2. The van der Waals surface area contributed by atoms with E-state index in [1.165, 1.54) is 19.3 Å². The molecule has 3 rings (SSSR count). The van der Waals surface area contributed by atoms with Crippen molar-refractivity contribution in [2.24, 2.45) is 0 Å². The second-order valence-corrected chi connectivity index (χ2v) is 6.67. The predicted octanol–water partition coefficient (Wildman–Crippen LogP) is 6.13. The van der Waals surface area contributed by atoms with E-state index in [1.807, 2.05) is 12.1 Å². The summed E-state index contributed by atoms with van der Waals surface area (Å²) in [5.74, 6) is 2.53. The Morgan fingerprint density at radius 2 is 1.65 bits per heavy atom. The van der Waals surface area contributed by atoms with Crippen LogP contribution < -0.4 is 9.47 Å². The van der Waals surface area contributed by atoms with Gasteiger partial charge in [-0.1, -0.05) is 56.5 Å². The summed E-state index contributed by atoms with van der Waals surface area (Å²) in [6.45, 7) is 2.23. The first kappa shape index (κ1) is 18.4. The molecule has 0 bridgehead atoms. The van der Waals surface area contributed by atoms with E-state index in [4.69, 9.17) is 14.2 Å². The molecular formula is C23H28O3. The van der Waals surface area contributed by atoms with Gasteiger partial charge in [-0.25, -0.2) is 0 Å². The lowest BCUT2D eigenvalue weighted by Gasteiger charge is -2.28. The minimum atomic E-state index is -0.114. The zero-order chi connectivity index (χ0) is 18.4. The lowest BCUT2D eigenvalue weighted by Crippen LogP contribution is -2.13. The maximum absolute atomic E-state index is 6.42. The van der Waals surface area contributed by atoms with Crippen LogP contribution in [-0.4, -0.2) is 14.2 Å². The van der Waals surface area contributed by atoms with E-state index >= 15 is 0 Å². The highest BCUT2D eigenvalue weighted by Crippen LogP contribution is 2.42. The number of unbranched alkanes of at least 4 members (excludes halogenated alkanes) is 3. The maximum atomic E-state index is 6.42. The molecule has 1 aliphatic rings. The third-order valence-electron chi connectivity index (χ3n) is 4.84. The van der Waals surface area contributed by atoms with Crippen LogP contribution in [0.4, 0.5) is 0 Å². The minimum absolute atomic E-state index is 0.114. The summed E-state index contributed by atoms with van der Waals surface area (Å²) in [5, 5.41) is 0. The SMILES string of the molecule is CCCCCCC1=Cc2cc(OC)c(OC)cc2C(c2ccccc2)O1. The molecule has 3 heteroatoms. The summed E-state index contributed by atoms with van der Waals surface area (Å²) in [6, 6.07) is 14.5. The second kappa shape index (κ2) is 8.79. The van der Waals surface area contributed by atoms with Gasteiger partial charge in [-0.15, -0.1) is 0 Å². The summed E-state index contributed by atoms with van der Waals surface area (Å²) < 4.78 is 17.4. The summed E-state index contributed by atoms with van der Waals surface area (Å²) in [5.41, 5.74) is 3.42. The van der Waals surface area contributed by atoms with E-state index in [2.05, 4.69) is 43.3 Å². The van der Waals surface area contributed by atoms with Crippen LogP contribution in [0.1, 0.15) is 61.8 Å². The molecule has 0 fully saturated rings. The molecule has 2 aromatic rings. The van der Waals surface area contributed by atoms with Gasteiger partial charge >= 0.3 is 0 Å². The van der Waals surface area contributed by atoms with Crippen molar-refractivity contribution in [1.82, 2.24) is 0 Å². The molecule has 3 nitrogen and oxygen atoms in total. The first-order valence-electron chi connectivity index (χ1n) is 9.45. The number of allylic oxidation sites excluding steroid dienone is 1. The lowest BCUT2D eigenvalue weighted by molar-refractivity contribution is 0.139. The van der Waals surface area contributed by atoms with Gasteiger partial charge in [0.1, 0.15) is 6.10 Å². The van der Waals surface area contributed by atoms with Gasteiger partial charge in [-0.3, -0.25) is 0 Å². The van der Waals surface area contributed by atoms with E-state index in [9.17, 15) is 0 Å². The third kappa shape index (κ3) is 4.04. The Morgan fingerprint density at radius 3 is 2.35 bits per heavy atom. The van der Waals surface area contributed by atoms with Crippen molar-refractivity contribution in [3.8, 4) is 11.5 Å². The monoisotopic (exact) mass is 352 g/mol. The standard InChI is InChI=1S/C23H28O3/c1-4-5-6-10-13-19-14-18-15-21(24-2)22(25-3)16-20(18)23(26-19)17-11-8-7-9-12-17/h7-9,11-12,14-16,23H,4-6,10,13H2,1-3H3. The van der Waals surface area contributed by atoms with E-state index < -0.39 is 0 Å². The van der Waals surface area contributed by atoms with Gasteiger partial charge < -0.3 is 14.2 Å². The molecule has 26 heavy (non-hydrogen) atoms. The Bertz CT molecular complexity index is 750. The second-order valence-electron chi connectivity index (χ2n) is 6.67. The Morgan fingerprint density at radius 1 is 0.923 bits per heavy atom. The average molecular weight is 352 g/mol. The summed E-state index contributed by atoms with van der Waals surface area (Å²) in [7, 11) is 3.34. The van der Waals surface area contributed by atoms with Gasteiger partial charge in [0.15, 0.2) is 11.5 Å². The van der Waals surface area contributed by atoms with Crippen LogP contribution in [0.5, 0.6) is 11.5 Å². The molecule has 0 spiro atoms. The molecular weight excluding hydrogens is 324 g/mol. The van der Waals surface area contributed by atoms with Crippen LogP contribution in [0.3, 0.4) is 0 Å². The molecule has 0 aliphatic carbocycles. The van der Waals surface area contributed by atoms with Gasteiger partial charge in [0.2, 0.25) is 0 Å². The van der Waals surface area contributed by atoms with Crippen LogP contribution in [0.15, 0.2) is 48.2 Å².